The molecular weight excluding hydrogens is 574 g/mol. The highest BCUT2D eigenvalue weighted by Crippen LogP contribution is 2.51. The summed E-state index contributed by atoms with van der Waals surface area (Å²) in [6.07, 6.45) is 0. The van der Waals surface area contributed by atoms with E-state index in [0.717, 1.165) is 50.1 Å². The first kappa shape index (κ1) is 26.1. The normalized spacial score (nSPS) is 12.6. The molecule has 47 heavy (non-hydrogen) atoms. The molecule has 0 spiro atoms. The average Bonchev–Trinajstić information content (AvgIpc) is 3.83. The Morgan fingerprint density at radius 2 is 1.11 bits per heavy atom. The van der Waals surface area contributed by atoms with E-state index >= 15 is 0 Å². The molecule has 3 heteroatoms. The minimum Gasteiger partial charge on any atom is -0.456 e. The Bertz CT molecular complexity index is 2580. The first-order valence-corrected chi connectivity index (χ1v) is 16.0. The Balaban J connectivity index is 1.20. The fourth-order valence-corrected chi connectivity index (χ4v) is 7.52. The Kier molecular flexibility index (Phi) is 5.64. The van der Waals surface area contributed by atoms with E-state index in [1.165, 1.54) is 38.6 Å². The van der Waals surface area contributed by atoms with E-state index in [1.54, 1.807) is 0 Å². The molecular formula is C44H27NO2. The highest BCUT2D eigenvalue weighted by molar-refractivity contribution is 6.15. The number of oxazole rings is 1. The number of aromatic nitrogens is 1. The van der Waals surface area contributed by atoms with E-state index < -0.39 is 0 Å². The molecule has 0 saturated carbocycles. The number of hydrogen-bond acceptors (Lipinski definition) is 3. The van der Waals surface area contributed by atoms with Crippen molar-refractivity contribution in [2.24, 2.45) is 0 Å². The van der Waals surface area contributed by atoms with E-state index in [2.05, 4.69) is 121 Å². The summed E-state index contributed by atoms with van der Waals surface area (Å²) in [4.78, 5) is 5.02. The molecule has 1 atom stereocenters. The number of para-hydroxylation sites is 1. The number of nitrogens with zero attached hydrogens (tertiary/aromatic N) is 1. The van der Waals surface area contributed by atoms with Crippen LogP contribution in [-0.2, 0) is 0 Å². The Morgan fingerprint density at radius 3 is 1.94 bits per heavy atom. The lowest BCUT2D eigenvalue weighted by atomic mass is 9.80. The molecule has 3 nitrogen and oxygen atoms in total. The topological polar surface area (TPSA) is 39.2 Å². The lowest BCUT2D eigenvalue weighted by molar-refractivity contribution is 0.590. The molecule has 220 valence electrons. The van der Waals surface area contributed by atoms with Crippen LogP contribution >= 0.6 is 0 Å². The van der Waals surface area contributed by atoms with Crippen molar-refractivity contribution in [2.45, 2.75) is 5.92 Å². The zero-order valence-corrected chi connectivity index (χ0v) is 25.4. The van der Waals surface area contributed by atoms with Crippen molar-refractivity contribution in [1.29, 1.82) is 0 Å². The van der Waals surface area contributed by atoms with Crippen molar-refractivity contribution in [3.63, 3.8) is 0 Å². The third kappa shape index (κ3) is 3.96. The van der Waals surface area contributed by atoms with Crippen LogP contribution in [0.5, 0.6) is 0 Å². The van der Waals surface area contributed by atoms with Crippen LogP contribution in [0.3, 0.4) is 0 Å². The minimum absolute atomic E-state index is 0.0476. The Hall–Kier alpha value is -6.19. The van der Waals surface area contributed by atoms with Crippen LogP contribution in [0.1, 0.15) is 22.6 Å². The van der Waals surface area contributed by atoms with Crippen molar-refractivity contribution in [1.82, 2.24) is 4.98 Å². The summed E-state index contributed by atoms with van der Waals surface area (Å²) in [5.41, 5.74) is 12.0. The molecule has 1 aliphatic rings. The first-order valence-electron chi connectivity index (χ1n) is 16.0. The van der Waals surface area contributed by atoms with Gasteiger partial charge in [0.1, 0.15) is 16.9 Å². The van der Waals surface area contributed by atoms with Gasteiger partial charge in [0.25, 0.3) is 0 Å². The summed E-state index contributed by atoms with van der Waals surface area (Å²) in [5, 5.41) is 4.69. The van der Waals surface area contributed by atoms with Gasteiger partial charge in [0.05, 0.1) is 0 Å². The largest absolute Gasteiger partial charge is 0.456 e. The number of rotatable bonds is 5. The summed E-state index contributed by atoms with van der Waals surface area (Å²) in [7, 11) is 0. The zero-order valence-electron chi connectivity index (χ0n) is 25.4. The molecule has 0 fully saturated rings. The molecule has 0 aliphatic heterocycles. The average molecular weight is 602 g/mol. The molecule has 2 aromatic heterocycles. The van der Waals surface area contributed by atoms with E-state index in [9.17, 15) is 0 Å². The zero-order chi connectivity index (χ0) is 30.9. The summed E-state index contributed by atoms with van der Waals surface area (Å²) in [6, 6.07) is 55.7. The maximum absolute atomic E-state index is 6.48. The van der Waals surface area contributed by atoms with E-state index in [1.807, 2.05) is 36.4 Å². The van der Waals surface area contributed by atoms with Gasteiger partial charge >= 0.3 is 0 Å². The van der Waals surface area contributed by atoms with Gasteiger partial charge in [0.15, 0.2) is 5.76 Å². The summed E-state index contributed by atoms with van der Waals surface area (Å²) in [5.74, 6) is 1.44. The minimum atomic E-state index is -0.0476. The van der Waals surface area contributed by atoms with Crippen LogP contribution in [-0.4, -0.2) is 4.98 Å². The van der Waals surface area contributed by atoms with Gasteiger partial charge in [-0.2, -0.15) is 0 Å². The van der Waals surface area contributed by atoms with Gasteiger partial charge in [-0.25, -0.2) is 4.98 Å². The highest BCUT2D eigenvalue weighted by Gasteiger charge is 2.31. The van der Waals surface area contributed by atoms with Gasteiger partial charge < -0.3 is 8.83 Å². The van der Waals surface area contributed by atoms with E-state index in [4.69, 9.17) is 13.8 Å². The third-order valence-electron chi connectivity index (χ3n) is 9.63. The maximum atomic E-state index is 6.48. The van der Waals surface area contributed by atoms with Crippen molar-refractivity contribution < 1.29 is 8.83 Å². The lowest BCUT2D eigenvalue weighted by Crippen LogP contribution is -2.05. The predicted octanol–water partition coefficient (Wildman–Crippen LogP) is 11.9. The second-order valence-electron chi connectivity index (χ2n) is 12.2. The fourth-order valence-electron chi connectivity index (χ4n) is 7.52. The van der Waals surface area contributed by atoms with E-state index in [0.29, 0.717) is 5.89 Å². The summed E-state index contributed by atoms with van der Waals surface area (Å²) >= 11 is 0. The molecule has 1 unspecified atom stereocenters. The Labute approximate surface area is 271 Å². The quantitative estimate of drug-likeness (QED) is 0.184. The fraction of sp³-hybridized carbons (Fsp3) is 0.0227. The number of hydrogen-bond donors (Lipinski definition) is 0. The molecule has 0 bridgehead atoms. The molecule has 2 heterocycles. The van der Waals surface area contributed by atoms with E-state index in [-0.39, 0.29) is 5.92 Å². The molecule has 10 rings (SSSR count). The van der Waals surface area contributed by atoms with Crippen molar-refractivity contribution in [2.75, 3.05) is 0 Å². The Morgan fingerprint density at radius 1 is 0.426 bits per heavy atom. The van der Waals surface area contributed by atoms with Crippen LogP contribution in [0, 0.1) is 0 Å². The molecule has 0 radical (unpaired) electrons. The van der Waals surface area contributed by atoms with Gasteiger partial charge in [0, 0.05) is 38.8 Å². The number of furan rings is 1. The molecule has 7 aromatic carbocycles. The number of fused-ring (bicyclic) bond motifs is 6. The summed E-state index contributed by atoms with van der Waals surface area (Å²) in [6.45, 7) is 0. The third-order valence-corrected chi connectivity index (χ3v) is 9.63. The van der Waals surface area contributed by atoms with Crippen LogP contribution in [0.2, 0.25) is 0 Å². The summed E-state index contributed by atoms with van der Waals surface area (Å²) < 4.78 is 12.9. The van der Waals surface area contributed by atoms with Crippen molar-refractivity contribution >= 4 is 32.7 Å². The van der Waals surface area contributed by atoms with Crippen molar-refractivity contribution in [3.05, 3.63) is 174 Å². The second-order valence-corrected chi connectivity index (χ2v) is 12.2. The lowest BCUT2D eigenvalue weighted by Gasteiger charge is -2.23. The van der Waals surface area contributed by atoms with Gasteiger partial charge in [-0.05, 0) is 57.5 Å². The molecule has 0 N–H and O–H groups in total. The SMILES string of the molecule is c1ccc(-c2ccc(C(c3ccc4c5c(cccc35)-c3oc(-c5ccccc5)nc3-4)c3cccc4oc5ccccc5c34)cc2)cc1. The maximum Gasteiger partial charge on any atom is 0.227 e. The van der Waals surface area contributed by atoms with Gasteiger partial charge in [-0.1, -0.05) is 133 Å². The van der Waals surface area contributed by atoms with Gasteiger partial charge in [-0.3, -0.25) is 0 Å². The predicted molar refractivity (Wildman–Crippen MR) is 190 cm³/mol. The molecule has 0 amide bonds. The van der Waals surface area contributed by atoms with Crippen LogP contribution in [0.25, 0.3) is 77.9 Å². The first-order chi connectivity index (χ1) is 23.3. The highest BCUT2D eigenvalue weighted by atomic mass is 16.4. The van der Waals surface area contributed by atoms with Crippen molar-refractivity contribution in [3.8, 4) is 45.2 Å². The van der Waals surface area contributed by atoms with Crippen LogP contribution in [0.4, 0.5) is 0 Å². The monoisotopic (exact) mass is 601 g/mol. The van der Waals surface area contributed by atoms with Crippen LogP contribution in [0.15, 0.2) is 167 Å². The second kappa shape index (κ2) is 10.2. The van der Waals surface area contributed by atoms with Gasteiger partial charge in [0.2, 0.25) is 5.89 Å². The molecule has 1 aliphatic carbocycles. The standard InChI is InChI=1S/C44H27NO2/c1-3-11-27(12-4-1)28-21-23-29(24-22-28)39(34-17-10-20-38-41(34)33-15-7-8-19-37(33)46-38)32-25-26-35-40-31(32)16-9-18-36(40)43-42(35)45-44(47-43)30-13-5-2-6-14-30/h1-26,39H. The van der Waals surface area contributed by atoms with Gasteiger partial charge in [-0.15, -0.1) is 0 Å². The smallest absolute Gasteiger partial charge is 0.227 e. The number of benzene rings is 7. The molecule has 0 saturated heterocycles. The van der Waals surface area contributed by atoms with Crippen LogP contribution < -0.4 is 0 Å². The molecule has 9 aromatic rings.